The van der Waals surface area contributed by atoms with Gasteiger partial charge in [-0.15, -0.1) is 0 Å². The number of aliphatic hydroxyl groups excluding tert-OH is 1. The molecule has 1 N–H and O–H groups in total. The summed E-state index contributed by atoms with van der Waals surface area (Å²) in [5, 5.41) is 9.91. The minimum Gasteiger partial charge on any atom is -0.394 e. The smallest absolute Gasteiger partial charge is 0.242 e. The molecule has 2 aromatic carbocycles. The van der Waals surface area contributed by atoms with Crippen LogP contribution in [0.15, 0.2) is 48.5 Å². The van der Waals surface area contributed by atoms with Crippen LogP contribution in [0.25, 0.3) is 0 Å². The average Bonchev–Trinajstić information content (AvgIpc) is 3.59. The van der Waals surface area contributed by atoms with Gasteiger partial charge in [-0.05, 0) is 48.7 Å². The van der Waals surface area contributed by atoms with Gasteiger partial charge >= 0.3 is 0 Å². The number of hydrogen-bond acceptors (Lipinski definition) is 3. The van der Waals surface area contributed by atoms with E-state index in [4.69, 9.17) is 0 Å². The van der Waals surface area contributed by atoms with Crippen LogP contribution in [0.5, 0.6) is 0 Å². The molecule has 0 aromatic heterocycles. The molecule has 31 heavy (non-hydrogen) atoms. The first kappa shape index (κ1) is 19.8. The molecule has 2 aliphatic heterocycles. The molecular formula is C25H23FN2O3. The number of nitrogens with zero attached hydrogens (tertiary/aromatic N) is 2. The van der Waals surface area contributed by atoms with Crippen molar-refractivity contribution >= 4 is 11.8 Å². The van der Waals surface area contributed by atoms with Crippen LogP contribution >= 0.6 is 0 Å². The van der Waals surface area contributed by atoms with Gasteiger partial charge in [0.05, 0.1) is 25.2 Å². The fourth-order valence-corrected chi connectivity index (χ4v) is 4.76. The molecule has 2 amide bonds. The summed E-state index contributed by atoms with van der Waals surface area (Å²) in [6.07, 6.45) is 1.83. The van der Waals surface area contributed by atoms with Gasteiger partial charge < -0.3 is 14.9 Å². The molecular weight excluding hydrogens is 395 g/mol. The minimum atomic E-state index is -0.317. The lowest BCUT2D eigenvalue weighted by Crippen LogP contribution is -2.73. The quantitative estimate of drug-likeness (QED) is 0.777. The highest BCUT2D eigenvalue weighted by Gasteiger charge is 2.55. The van der Waals surface area contributed by atoms with Crippen LogP contribution in [0.2, 0.25) is 0 Å². The van der Waals surface area contributed by atoms with E-state index in [1.54, 1.807) is 21.9 Å². The van der Waals surface area contributed by atoms with E-state index in [0.717, 1.165) is 24.0 Å². The number of amides is 2. The Kier molecular flexibility index (Phi) is 4.99. The second-order valence-corrected chi connectivity index (χ2v) is 8.52. The summed E-state index contributed by atoms with van der Waals surface area (Å²) in [6, 6.07) is 13.5. The number of carbonyl (C=O) groups excluding carboxylic acids is 2. The van der Waals surface area contributed by atoms with Crippen molar-refractivity contribution in [1.29, 1.82) is 0 Å². The van der Waals surface area contributed by atoms with Gasteiger partial charge in [0.15, 0.2) is 0 Å². The van der Waals surface area contributed by atoms with Gasteiger partial charge in [0.1, 0.15) is 5.82 Å². The topological polar surface area (TPSA) is 60.9 Å². The molecule has 2 saturated heterocycles. The van der Waals surface area contributed by atoms with Gasteiger partial charge in [-0.3, -0.25) is 9.59 Å². The number of piperazine rings is 1. The van der Waals surface area contributed by atoms with E-state index in [1.165, 1.54) is 12.1 Å². The monoisotopic (exact) mass is 418 g/mol. The Morgan fingerprint density at radius 2 is 1.84 bits per heavy atom. The van der Waals surface area contributed by atoms with Crippen molar-refractivity contribution in [2.75, 3.05) is 19.7 Å². The Balaban J connectivity index is 1.34. The zero-order valence-electron chi connectivity index (χ0n) is 17.0. The van der Waals surface area contributed by atoms with Gasteiger partial charge in [0, 0.05) is 29.5 Å². The zero-order valence-corrected chi connectivity index (χ0v) is 17.0. The van der Waals surface area contributed by atoms with Crippen molar-refractivity contribution in [2.24, 2.45) is 5.92 Å². The van der Waals surface area contributed by atoms with E-state index in [2.05, 4.69) is 11.8 Å². The lowest BCUT2D eigenvalue weighted by Gasteiger charge is -2.58. The highest BCUT2D eigenvalue weighted by atomic mass is 19.1. The molecule has 2 heterocycles. The number of hydrogen-bond donors (Lipinski definition) is 1. The van der Waals surface area contributed by atoms with Gasteiger partial charge in [-0.25, -0.2) is 4.39 Å². The molecule has 0 radical (unpaired) electrons. The molecule has 1 saturated carbocycles. The maximum atomic E-state index is 13.3. The normalized spacial score (nSPS) is 24.7. The standard InChI is InChI=1S/C25H23FN2O3/c26-20-3-1-2-17(12-20)5-4-16-6-8-18(9-7-16)24-21-13-27(25(31)19-10-11-19)14-23(30)28(21)22(24)15-29/h1-3,6-9,12,19,21-22,24,29H,10-11,13-15H2/t21-,22+,24-/m0/s1. The first-order valence-corrected chi connectivity index (χ1v) is 10.6. The maximum Gasteiger partial charge on any atom is 0.242 e. The molecule has 5 nitrogen and oxygen atoms in total. The molecule has 158 valence electrons. The first-order chi connectivity index (χ1) is 15.0. The second kappa shape index (κ2) is 7.82. The van der Waals surface area contributed by atoms with E-state index in [-0.39, 0.29) is 54.7 Å². The molecule has 5 rings (SSSR count). The summed E-state index contributed by atoms with van der Waals surface area (Å²) in [4.78, 5) is 28.6. The molecule has 3 aliphatic rings. The molecule has 6 heteroatoms. The van der Waals surface area contributed by atoms with Gasteiger partial charge in [-0.1, -0.05) is 30.0 Å². The van der Waals surface area contributed by atoms with E-state index >= 15 is 0 Å². The van der Waals surface area contributed by atoms with Crippen molar-refractivity contribution < 1.29 is 19.1 Å². The van der Waals surface area contributed by atoms with E-state index in [1.807, 2.05) is 24.3 Å². The maximum absolute atomic E-state index is 13.3. The molecule has 0 unspecified atom stereocenters. The number of rotatable bonds is 3. The molecule has 3 fully saturated rings. The van der Waals surface area contributed by atoms with Gasteiger partial charge in [-0.2, -0.15) is 0 Å². The predicted molar refractivity (Wildman–Crippen MR) is 112 cm³/mol. The van der Waals surface area contributed by atoms with Gasteiger partial charge in [0.25, 0.3) is 0 Å². The molecule has 1 aliphatic carbocycles. The Hall–Kier alpha value is -3.17. The summed E-state index contributed by atoms with van der Waals surface area (Å²) >= 11 is 0. The molecule has 2 aromatic rings. The molecule has 0 bridgehead atoms. The van der Waals surface area contributed by atoms with Crippen molar-refractivity contribution in [2.45, 2.75) is 30.8 Å². The van der Waals surface area contributed by atoms with Crippen molar-refractivity contribution in [3.05, 3.63) is 71.0 Å². The molecule has 3 atom stereocenters. The zero-order chi connectivity index (χ0) is 21.5. The first-order valence-electron chi connectivity index (χ1n) is 10.6. The highest BCUT2D eigenvalue weighted by molar-refractivity contribution is 5.89. The van der Waals surface area contributed by atoms with Crippen LogP contribution in [0.1, 0.15) is 35.4 Å². The minimum absolute atomic E-state index is 0.0195. The average molecular weight is 418 g/mol. The number of benzene rings is 2. The Bertz CT molecular complexity index is 1080. The van der Waals surface area contributed by atoms with Crippen LogP contribution in [0, 0.1) is 23.6 Å². The number of carbonyl (C=O) groups is 2. The van der Waals surface area contributed by atoms with Crippen LogP contribution in [-0.4, -0.2) is 58.5 Å². The second-order valence-electron chi connectivity index (χ2n) is 8.52. The van der Waals surface area contributed by atoms with E-state index in [9.17, 15) is 19.1 Å². The third-order valence-electron chi connectivity index (χ3n) is 6.46. The summed E-state index contributed by atoms with van der Waals surface area (Å²) in [6.45, 7) is 0.525. The van der Waals surface area contributed by atoms with E-state index < -0.39 is 0 Å². The van der Waals surface area contributed by atoms with Crippen molar-refractivity contribution in [1.82, 2.24) is 9.80 Å². The number of halogens is 1. The van der Waals surface area contributed by atoms with Crippen LogP contribution in [-0.2, 0) is 9.59 Å². The Morgan fingerprint density at radius 1 is 1.10 bits per heavy atom. The Labute approximate surface area is 180 Å². The molecule has 0 spiro atoms. The largest absolute Gasteiger partial charge is 0.394 e. The van der Waals surface area contributed by atoms with Crippen molar-refractivity contribution in [3.63, 3.8) is 0 Å². The van der Waals surface area contributed by atoms with Crippen molar-refractivity contribution in [3.8, 4) is 11.8 Å². The fourth-order valence-electron chi connectivity index (χ4n) is 4.76. The van der Waals surface area contributed by atoms with Crippen LogP contribution < -0.4 is 0 Å². The van der Waals surface area contributed by atoms with Gasteiger partial charge in [0.2, 0.25) is 11.8 Å². The SMILES string of the molecule is O=C(C1CC1)N1CC(=O)N2[C@H](CO)[C@@H](c3ccc(C#Cc4cccc(F)c4)cc3)[C@@H]2C1. The Morgan fingerprint density at radius 3 is 2.52 bits per heavy atom. The fraction of sp³-hybridized carbons (Fsp3) is 0.360. The lowest BCUT2D eigenvalue weighted by molar-refractivity contribution is -0.167. The summed E-state index contributed by atoms with van der Waals surface area (Å²) in [5.74, 6) is 5.74. The summed E-state index contributed by atoms with van der Waals surface area (Å²) in [7, 11) is 0. The van der Waals surface area contributed by atoms with E-state index in [0.29, 0.717) is 12.1 Å². The van der Waals surface area contributed by atoms with Crippen LogP contribution in [0.4, 0.5) is 4.39 Å². The summed E-state index contributed by atoms with van der Waals surface area (Å²) < 4.78 is 13.3. The third kappa shape index (κ3) is 3.70. The predicted octanol–water partition coefficient (Wildman–Crippen LogP) is 2.13. The highest BCUT2D eigenvalue weighted by Crippen LogP contribution is 2.43. The number of aliphatic hydroxyl groups is 1. The third-order valence-corrected chi connectivity index (χ3v) is 6.46. The van der Waals surface area contributed by atoms with Crippen LogP contribution in [0.3, 0.4) is 0 Å². The number of fused-ring (bicyclic) bond motifs is 1. The summed E-state index contributed by atoms with van der Waals surface area (Å²) in [5.41, 5.74) is 2.43. The lowest BCUT2D eigenvalue weighted by atomic mass is 9.73.